The second-order valence-electron chi connectivity index (χ2n) is 6.25. The van der Waals surface area contributed by atoms with E-state index in [1.807, 2.05) is 4.90 Å². The van der Waals surface area contributed by atoms with Crippen LogP contribution in [0.15, 0.2) is 53.0 Å². The molecule has 0 aromatic heterocycles. The Kier molecular flexibility index (Phi) is 6.41. The summed E-state index contributed by atoms with van der Waals surface area (Å²) in [5, 5.41) is 0. The van der Waals surface area contributed by atoms with Gasteiger partial charge in [0.15, 0.2) is 0 Å². The van der Waals surface area contributed by atoms with Gasteiger partial charge in [0.1, 0.15) is 5.82 Å². The molecule has 142 valence electrons. The molecule has 1 saturated heterocycles. The zero-order valence-corrected chi connectivity index (χ0v) is 16.2. The molecule has 0 radical (unpaired) electrons. The average Bonchev–Trinajstić information content (AvgIpc) is 2.68. The molecule has 2 aromatic rings. The molecular weight excluding hydrogens is 415 g/mol. The fourth-order valence-electron chi connectivity index (χ4n) is 2.86. The van der Waals surface area contributed by atoms with Crippen LogP contribution in [0.5, 0.6) is 0 Å². The molecule has 1 aliphatic rings. The summed E-state index contributed by atoms with van der Waals surface area (Å²) in [5.74, 6) is -0.882. The van der Waals surface area contributed by atoms with E-state index in [1.54, 1.807) is 36.4 Å². The fourth-order valence-corrected chi connectivity index (χ4v) is 3.12. The van der Waals surface area contributed by atoms with Gasteiger partial charge in [0.2, 0.25) is 0 Å². The monoisotopic (exact) mass is 434 g/mol. The highest BCUT2D eigenvalue weighted by Crippen LogP contribution is 2.16. The summed E-state index contributed by atoms with van der Waals surface area (Å²) < 4.78 is 13.9. The van der Waals surface area contributed by atoms with Gasteiger partial charge in [0.05, 0.1) is 6.54 Å². The molecule has 2 amide bonds. The molecule has 0 unspecified atom stereocenters. The number of hydrogen-bond acceptors (Lipinski definition) is 4. The first-order valence-electron chi connectivity index (χ1n) is 8.59. The molecule has 0 bridgehead atoms. The van der Waals surface area contributed by atoms with Crippen LogP contribution in [-0.2, 0) is 4.79 Å². The molecule has 0 spiro atoms. The van der Waals surface area contributed by atoms with Gasteiger partial charge in [-0.05, 0) is 48.5 Å². The Morgan fingerprint density at radius 1 is 0.926 bits per heavy atom. The lowest BCUT2D eigenvalue weighted by Crippen LogP contribution is -2.52. The Bertz CT molecular complexity index is 790. The molecule has 6 nitrogen and oxygen atoms in total. The van der Waals surface area contributed by atoms with Crippen molar-refractivity contribution in [3.63, 3.8) is 0 Å². The smallest absolute Gasteiger partial charge is 0.269 e. The molecule has 1 heterocycles. The number of nitrogens with one attached hydrogen (secondary N) is 2. The van der Waals surface area contributed by atoms with E-state index in [0.717, 1.165) is 23.2 Å². The maximum Gasteiger partial charge on any atom is 0.269 e. The van der Waals surface area contributed by atoms with Crippen molar-refractivity contribution in [2.24, 2.45) is 0 Å². The third-order valence-electron chi connectivity index (χ3n) is 4.35. The second kappa shape index (κ2) is 8.96. The minimum Gasteiger partial charge on any atom is -0.369 e. The molecule has 3 rings (SSSR count). The van der Waals surface area contributed by atoms with E-state index < -0.39 is 0 Å². The van der Waals surface area contributed by atoms with Crippen molar-refractivity contribution < 1.29 is 14.0 Å². The van der Waals surface area contributed by atoms with Gasteiger partial charge in [-0.15, -0.1) is 0 Å². The molecule has 1 aliphatic heterocycles. The predicted molar refractivity (Wildman–Crippen MR) is 105 cm³/mol. The van der Waals surface area contributed by atoms with Gasteiger partial charge in [0.25, 0.3) is 11.8 Å². The number of benzene rings is 2. The molecule has 0 saturated carbocycles. The largest absolute Gasteiger partial charge is 0.369 e. The maximum absolute atomic E-state index is 13.0. The van der Waals surface area contributed by atoms with Gasteiger partial charge in [-0.3, -0.25) is 25.3 Å². The van der Waals surface area contributed by atoms with Crippen LogP contribution in [0.4, 0.5) is 10.1 Å². The Morgan fingerprint density at radius 3 is 2.19 bits per heavy atom. The van der Waals surface area contributed by atoms with Gasteiger partial charge >= 0.3 is 0 Å². The molecule has 27 heavy (non-hydrogen) atoms. The number of rotatable bonds is 4. The summed E-state index contributed by atoms with van der Waals surface area (Å²) in [7, 11) is 0. The lowest BCUT2D eigenvalue weighted by molar-refractivity contribution is -0.123. The van der Waals surface area contributed by atoms with E-state index in [1.165, 1.54) is 12.1 Å². The topological polar surface area (TPSA) is 64.7 Å². The highest BCUT2D eigenvalue weighted by atomic mass is 79.9. The Hall–Kier alpha value is -2.45. The molecule has 8 heteroatoms. The third kappa shape index (κ3) is 5.51. The van der Waals surface area contributed by atoms with Gasteiger partial charge in [0, 0.05) is 41.9 Å². The summed E-state index contributed by atoms with van der Waals surface area (Å²) in [6.45, 7) is 3.14. The number of halogens is 2. The third-order valence-corrected chi connectivity index (χ3v) is 4.88. The van der Waals surface area contributed by atoms with Crippen molar-refractivity contribution >= 4 is 33.4 Å². The summed E-state index contributed by atoms with van der Waals surface area (Å²) >= 11 is 3.31. The van der Waals surface area contributed by atoms with E-state index in [-0.39, 0.29) is 24.2 Å². The minimum atomic E-state index is -0.364. The molecular formula is C19H20BrFN4O2. The van der Waals surface area contributed by atoms with Crippen LogP contribution in [0.25, 0.3) is 0 Å². The molecule has 2 N–H and O–H groups in total. The fraction of sp³-hybridized carbons (Fsp3) is 0.263. The summed E-state index contributed by atoms with van der Waals surface area (Å²) in [6, 6.07) is 13.3. The predicted octanol–water partition coefficient (Wildman–Crippen LogP) is 2.17. The zero-order chi connectivity index (χ0) is 19.2. The number of carbonyl (C=O) groups excluding carboxylic acids is 2. The van der Waals surface area contributed by atoms with Crippen LogP contribution in [0.3, 0.4) is 0 Å². The van der Waals surface area contributed by atoms with Crippen LogP contribution in [0, 0.1) is 5.82 Å². The van der Waals surface area contributed by atoms with Crippen molar-refractivity contribution in [3.05, 3.63) is 64.4 Å². The first kappa shape index (κ1) is 19.3. The van der Waals surface area contributed by atoms with Crippen molar-refractivity contribution in [2.75, 3.05) is 37.6 Å². The van der Waals surface area contributed by atoms with E-state index in [9.17, 15) is 14.0 Å². The SMILES string of the molecule is O=C(CN1CCN(c2ccc(F)cc2)CC1)NNC(=O)c1ccc(Br)cc1. The van der Waals surface area contributed by atoms with Crippen LogP contribution >= 0.6 is 15.9 Å². The van der Waals surface area contributed by atoms with Crippen molar-refractivity contribution in [3.8, 4) is 0 Å². The van der Waals surface area contributed by atoms with E-state index >= 15 is 0 Å². The first-order valence-corrected chi connectivity index (χ1v) is 9.38. The number of anilines is 1. The Labute approximate surface area is 165 Å². The number of piperazine rings is 1. The Morgan fingerprint density at radius 2 is 1.56 bits per heavy atom. The van der Waals surface area contributed by atoms with Gasteiger partial charge in [-0.2, -0.15) is 0 Å². The standard InChI is InChI=1S/C19H20BrFN4O2/c20-15-3-1-14(2-4-15)19(27)23-22-18(26)13-24-9-11-25(12-10-24)17-7-5-16(21)6-8-17/h1-8H,9-13H2,(H,22,26)(H,23,27). The van der Waals surface area contributed by atoms with Crippen LogP contribution < -0.4 is 15.8 Å². The number of hydrogen-bond donors (Lipinski definition) is 2. The first-order chi connectivity index (χ1) is 13.0. The van der Waals surface area contributed by atoms with Crippen molar-refractivity contribution in [1.29, 1.82) is 0 Å². The quantitative estimate of drug-likeness (QED) is 0.723. The van der Waals surface area contributed by atoms with E-state index in [4.69, 9.17) is 0 Å². The lowest BCUT2D eigenvalue weighted by atomic mass is 10.2. The van der Waals surface area contributed by atoms with Crippen molar-refractivity contribution in [1.82, 2.24) is 15.8 Å². The number of nitrogens with zero attached hydrogens (tertiary/aromatic N) is 2. The summed E-state index contributed by atoms with van der Waals surface area (Å²) in [6.07, 6.45) is 0. The number of hydrazine groups is 1. The Balaban J connectivity index is 1.41. The summed E-state index contributed by atoms with van der Waals surface area (Å²) in [5.41, 5.74) is 6.30. The van der Waals surface area contributed by atoms with Crippen LogP contribution in [0.2, 0.25) is 0 Å². The summed E-state index contributed by atoms with van der Waals surface area (Å²) in [4.78, 5) is 28.2. The van der Waals surface area contributed by atoms with Gasteiger partial charge in [-0.25, -0.2) is 4.39 Å². The normalized spacial score (nSPS) is 14.7. The van der Waals surface area contributed by atoms with Crippen molar-refractivity contribution in [2.45, 2.75) is 0 Å². The van der Waals surface area contributed by atoms with Gasteiger partial charge < -0.3 is 4.90 Å². The highest BCUT2D eigenvalue weighted by Gasteiger charge is 2.19. The lowest BCUT2D eigenvalue weighted by Gasteiger charge is -2.35. The maximum atomic E-state index is 13.0. The zero-order valence-electron chi connectivity index (χ0n) is 14.6. The van der Waals surface area contributed by atoms with E-state index in [2.05, 4.69) is 31.7 Å². The molecule has 1 fully saturated rings. The minimum absolute atomic E-state index is 0.206. The second-order valence-corrected chi connectivity index (χ2v) is 7.16. The highest BCUT2D eigenvalue weighted by molar-refractivity contribution is 9.10. The molecule has 0 aliphatic carbocycles. The van der Waals surface area contributed by atoms with Crippen LogP contribution in [-0.4, -0.2) is 49.4 Å². The average molecular weight is 435 g/mol. The number of carbonyl (C=O) groups is 2. The molecule has 2 aromatic carbocycles. The van der Waals surface area contributed by atoms with Crippen LogP contribution in [0.1, 0.15) is 10.4 Å². The molecule has 0 atom stereocenters. The van der Waals surface area contributed by atoms with E-state index in [0.29, 0.717) is 18.7 Å². The van der Waals surface area contributed by atoms with Gasteiger partial charge in [-0.1, -0.05) is 15.9 Å². The number of amides is 2.